The topological polar surface area (TPSA) is 35.2 Å². The van der Waals surface area contributed by atoms with Crippen molar-refractivity contribution < 1.29 is 4.74 Å². The molecule has 0 heterocycles. The highest BCUT2D eigenvalue weighted by molar-refractivity contribution is 9.10. The van der Waals surface area contributed by atoms with Crippen LogP contribution in [0.1, 0.15) is 58.1 Å². The lowest BCUT2D eigenvalue weighted by Crippen LogP contribution is -2.12. The molecule has 2 nitrogen and oxygen atoms in total. The normalized spacial score (nSPS) is 14.2. The van der Waals surface area contributed by atoms with Gasteiger partial charge in [-0.2, -0.15) is 0 Å². The van der Waals surface area contributed by atoms with Crippen molar-refractivity contribution in [3.8, 4) is 5.75 Å². The minimum atomic E-state index is 0.0540. The SMILES string of the molecule is CCCCC(CC)COc1ccc(C(C)N)cc1Br. The smallest absolute Gasteiger partial charge is 0.133 e. The summed E-state index contributed by atoms with van der Waals surface area (Å²) < 4.78 is 6.93. The Morgan fingerprint density at radius 3 is 2.58 bits per heavy atom. The summed E-state index contributed by atoms with van der Waals surface area (Å²) in [5.41, 5.74) is 6.99. The van der Waals surface area contributed by atoms with Gasteiger partial charge in [0.25, 0.3) is 0 Å². The summed E-state index contributed by atoms with van der Waals surface area (Å²) in [6.07, 6.45) is 4.97. The second kappa shape index (κ2) is 8.60. The average Bonchev–Trinajstić information content (AvgIpc) is 2.40. The standard InChI is InChI=1S/C16H26BrNO/c1-4-6-7-13(5-2)11-19-16-9-8-14(12(3)18)10-15(16)17/h8-10,12-13H,4-7,11,18H2,1-3H3. The van der Waals surface area contributed by atoms with E-state index in [1.807, 2.05) is 25.1 Å². The molecule has 19 heavy (non-hydrogen) atoms. The Labute approximate surface area is 125 Å². The lowest BCUT2D eigenvalue weighted by molar-refractivity contribution is 0.232. The van der Waals surface area contributed by atoms with Crippen molar-refractivity contribution in [3.05, 3.63) is 28.2 Å². The number of unbranched alkanes of at least 4 members (excludes halogenated alkanes) is 1. The average molecular weight is 328 g/mol. The summed E-state index contributed by atoms with van der Waals surface area (Å²) in [4.78, 5) is 0. The van der Waals surface area contributed by atoms with Crippen molar-refractivity contribution in [2.75, 3.05) is 6.61 Å². The van der Waals surface area contributed by atoms with E-state index < -0.39 is 0 Å². The van der Waals surface area contributed by atoms with Gasteiger partial charge in [0, 0.05) is 6.04 Å². The predicted molar refractivity (Wildman–Crippen MR) is 85.5 cm³/mol. The summed E-state index contributed by atoms with van der Waals surface area (Å²) in [6.45, 7) is 7.25. The third-order valence-electron chi connectivity index (χ3n) is 3.50. The van der Waals surface area contributed by atoms with Crippen LogP contribution in [-0.2, 0) is 0 Å². The molecule has 1 rings (SSSR count). The van der Waals surface area contributed by atoms with Crippen molar-refractivity contribution in [1.82, 2.24) is 0 Å². The molecule has 2 atom stereocenters. The molecule has 3 heteroatoms. The second-order valence-corrected chi connectivity index (χ2v) is 6.06. The Morgan fingerprint density at radius 2 is 2.05 bits per heavy atom. The fourth-order valence-corrected chi connectivity index (χ4v) is 2.53. The Hall–Kier alpha value is -0.540. The van der Waals surface area contributed by atoms with Gasteiger partial charge in [0.1, 0.15) is 5.75 Å². The van der Waals surface area contributed by atoms with Crippen molar-refractivity contribution in [1.29, 1.82) is 0 Å². The maximum atomic E-state index is 5.93. The molecule has 0 spiro atoms. The van der Waals surface area contributed by atoms with Crippen LogP contribution in [0.2, 0.25) is 0 Å². The van der Waals surface area contributed by atoms with Gasteiger partial charge < -0.3 is 10.5 Å². The molecule has 0 radical (unpaired) electrons. The van der Waals surface area contributed by atoms with E-state index in [-0.39, 0.29) is 6.04 Å². The first-order valence-corrected chi connectivity index (χ1v) is 8.05. The molecule has 0 amide bonds. The minimum Gasteiger partial charge on any atom is -0.492 e. The van der Waals surface area contributed by atoms with E-state index in [4.69, 9.17) is 10.5 Å². The molecule has 108 valence electrons. The lowest BCUT2D eigenvalue weighted by atomic mass is 10.0. The number of nitrogens with two attached hydrogens (primary N) is 1. The Morgan fingerprint density at radius 1 is 1.32 bits per heavy atom. The fraction of sp³-hybridized carbons (Fsp3) is 0.625. The van der Waals surface area contributed by atoms with Gasteiger partial charge in [0.15, 0.2) is 0 Å². The molecule has 0 fully saturated rings. The maximum absolute atomic E-state index is 5.93. The first kappa shape index (κ1) is 16.5. The quantitative estimate of drug-likeness (QED) is 0.723. The number of hydrogen-bond acceptors (Lipinski definition) is 2. The van der Waals surface area contributed by atoms with Gasteiger partial charge in [0.05, 0.1) is 11.1 Å². The summed E-state index contributed by atoms with van der Waals surface area (Å²) in [5, 5.41) is 0. The molecule has 0 aromatic heterocycles. The highest BCUT2D eigenvalue weighted by Gasteiger charge is 2.09. The van der Waals surface area contributed by atoms with Crippen LogP contribution in [0.3, 0.4) is 0 Å². The summed E-state index contributed by atoms with van der Waals surface area (Å²) in [7, 11) is 0. The van der Waals surface area contributed by atoms with Crippen LogP contribution in [0.4, 0.5) is 0 Å². The number of halogens is 1. The molecule has 2 unspecified atom stereocenters. The Balaban J connectivity index is 2.57. The minimum absolute atomic E-state index is 0.0540. The van der Waals surface area contributed by atoms with Gasteiger partial charge in [-0.15, -0.1) is 0 Å². The van der Waals surface area contributed by atoms with Crippen LogP contribution in [-0.4, -0.2) is 6.61 Å². The molecule has 0 aliphatic rings. The lowest BCUT2D eigenvalue weighted by Gasteiger charge is -2.17. The fourth-order valence-electron chi connectivity index (χ4n) is 2.02. The number of ether oxygens (including phenoxy) is 1. The van der Waals surface area contributed by atoms with E-state index in [1.54, 1.807) is 0 Å². The van der Waals surface area contributed by atoms with Crippen LogP contribution in [0, 0.1) is 5.92 Å². The van der Waals surface area contributed by atoms with Gasteiger partial charge in [-0.1, -0.05) is 39.2 Å². The number of rotatable bonds is 8. The zero-order chi connectivity index (χ0) is 14.3. The van der Waals surface area contributed by atoms with Crippen LogP contribution in [0.5, 0.6) is 5.75 Å². The van der Waals surface area contributed by atoms with Crippen molar-refractivity contribution >= 4 is 15.9 Å². The Kier molecular flexibility index (Phi) is 7.47. The Bertz CT molecular complexity index is 379. The van der Waals surface area contributed by atoms with E-state index >= 15 is 0 Å². The zero-order valence-electron chi connectivity index (χ0n) is 12.3. The maximum Gasteiger partial charge on any atom is 0.133 e. The summed E-state index contributed by atoms with van der Waals surface area (Å²) >= 11 is 3.56. The molecule has 1 aromatic rings. The van der Waals surface area contributed by atoms with Gasteiger partial charge in [-0.3, -0.25) is 0 Å². The summed E-state index contributed by atoms with van der Waals surface area (Å²) in [5.74, 6) is 1.57. The van der Waals surface area contributed by atoms with Crippen LogP contribution in [0.25, 0.3) is 0 Å². The van der Waals surface area contributed by atoms with Gasteiger partial charge in [0.2, 0.25) is 0 Å². The first-order chi connectivity index (χ1) is 9.08. The third-order valence-corrected chi connectivity index (χ3v) is 4.12. The van der Waals surface area contributed by atoms with Crippen LogP contribution < -0.4 is 10.5 Å². The van der Waals surface area contributed by atoms with E-state index in [1.165, 1.54) is 25.7 Å². The molecular weight excluding hydrogens is 302 g/mol. The molecule has 0 saturated carbocycles. The largest absolute Gasteiger partial charge is 0.492 e. The van der Waals surface area contributed by atoms with Crippen LogP contribution in [0.15, 0.2) is 22.7 Å². The molecule has 0 bridgehead atoms. The molecular formula is C16H26BrNO. The second-order valence-electron chi connectivity index (χ2n) is 5.21. The zero-order valence-corrected chi connectivity index (χ0v) is 13.9. The highest BCUT2D eigenvalue weighted by atomic mass is 79.9. The van der Waals surface area contributed by atoms with Crippen LogP contribution >= 0.6 is 15.9 Å². The predicted octanol–water partition coefficient (Wildman–Crippen LogP) is 5.06. The van der Waals surface area contributed by atoms with E-state index in [2.05, 4.69) is 29.8 Å². The van der Waals surface area contributed by atoms with E-state index in [0.717, 1.165) is 22.4 Å². The van der Waals surface area contributed by atoms with Crippen molar-refractivity contribution in [3.63, 3.8) is 0 Å². The highest BCUT2D eigenvalue weighted by Crippen LogP contribution is 2.28. The van der Waals surface area contributed by atoms with Gasteiger partial charge >= 0.3 is 0 Å². The van der Waals surface area contributed by atoms with Crippen molar-refractivity contribution in [2.24, 2.45) is 11.7 Å². The summed E-state index contributed by atoms with van der Waals surface area (Å²) in [6, 6.07) is 6.15. The molecule has 2 N–H and O–H groups in total. The molecule has 0 aliphatic heterocycles. The first-order valence-electron chi connectivity index (χ1n) is 7.26. The van der Waals surface area contributed by atoms with E-state index in [9.17, 15) is 0 Å². The molecule has 0 aliphatic carbocycles. The number of hydrogen-bond donors (Lipinski definition) is 1. The monoisotopic (exact) mass is 327 g/mol. The van der Waals surface area contributed by atoms with E-state index in [0.29, 0.717) is 5.92 Å². The third kappa shape index (κ3) is 5.53. The molecule has 0 saturated heterocycles. The molecule has 1 aromatic carbocycles. The number of benzene rings is 1. The van der Waals surface area contributed by atoms with Gasteiger partial charge in [-0.05, 0) is 52.9 Å². The van der Waals surface area contributed by atoms with Crippen molar-refractivity contribution in [2.45, 2.75) is 52.5 Å². The van der Waals surface area contributed by atoms with Gasteiger partial charge in [-0.25, -0.2) is 0 Å².